The average molecular weight is 813 g/mol. The molecule has 0 saturated heterocycles. The minimum absolute atomic E-state index is 0.698. The maximum absolute atomic E-state index is 5.37. The van der Waals surface area contributed by atoms with Crippen LogP contribution in [0.4, 0.5) is 0 Å². The monoisotopic (exact) mass is 812 g/mol. The van der Waals surface area contributed by atoms with Gasteiger partial charge in [0.1, 0.15) is 0 Å². The number of aromatic nitrogens is 4. The van der Waals surface area contributed by atoms with E-state index in [0.717, 1.165) is 44.4 Å². The predicted octanol–water partition coefficient (Wildman–Crippen LogP) is 15.8. The van der Waals surface area contributed by atoms with Crippen LogP contribution in [-0.4, -0.2) is 19.1 Å². The fourth-order valence-electron chi connectivity index (χ4n) is 10.6. The quantitative estimate of drug-likeness (QED) is 0.166. The van der Waals surface area contributed by atoms with Gasteiger partial charge in [-0.25, -0.2) is 9.97 Å². The van der Waals surface area contributed by atoms with E-state index < -0.39 is 0 Å². The van der Waals surface area contributed by atoms with Gasteiger partial charge in [0.25, 0.3) is 0 Å². The number of para-hydroxylation sites is 3. The Morgan fingerprint density at radius 1 is 0.297 bits per heavy atom. The fraction of sp³-hybridized carbons (Fsp3) is 0. The van der Waals surface area contributed by atoms with Gasteiger partial charge >= 0.3 is 0 Å². The molecule has 0 radical (unpaired) electrons. The fourth-order valence-corrected chi connectivity index (χ4v) is 10.6. The van der Waals surface area contributed by atoms with Crippen LogP contribution in [0, 0.1) is 0 Å². The van der Waals surface area contributed by atoms with E-state index in [1.54, 1.807) is 0 Å². The van der Waals surface area contributed by atoms with Gasteiger partial charge in [-0.05, 0) is 98.4 Å². The Morgan fingerprint density at radius 2 is 0.938 bits per heavy atom. The zero-order valence-corrected chi connectivity index (χ0v) is 34.6. The molecule has 11 aromatic carbocycles. The Hall–Kier alpha value is -8.60. The molecular weight excluding hydrogens is 777 g/mol. The zero-order chi connectivity index (χ0) is 41.9. The van der Waals surface area contributed by atoms with Crippen LogP contribution in [0.25, 0.3) is 132 Å². The Bertz CT molecular complexity index is 4270. The SMILES string of the molecule is c1cc(-c2nc(-c3ccc4c(ccc5ccccc54)c3)c3ccccc3n2)cc(-n2c3ccccc3c3cc4c(-n5c6ccccc6c6c7ccccc7ccc65)cccc4cc32)c1. The molecule has 296 valence electrons. The van der Waals surface area contributed by atoms with Crippen LogP contribution in [0.15, 0.2) is 218 Å². The van der Waals surface area contributed by atoms with Crippen LogP contribution in [0.3, 0.4) is 0 Å². The van der Waals surface area contributed by atoms with E-state index in [1.165, 1.54) is 81.4 Å². The first-order chi connectivity index (χ1) is 31.7. The second-order valence-electron chi connectivity index (χ2n) is 16.9. The Kier molecular flexibility index (Phi) is 7.36. The molecule has 0 aliphatic carbocycles. The molecule has 0 bridgehead atoms. The van der Waals surface area contributed by atoms with Crippen molar-refractivity contribution < 1.29 is 0 Å². The van der Waals surface area contributed by atoms with Gasteiger partial charge < -0.3 is 9.13 Å². The minimum atomic E-state index is 0.698. The van der Waals surface area contributed by atoms with Crippen molar-refractivity contribution in [2.24, 2.45) is 0 Å². The molecule has 0 N–H and O–H groups in total. The van der Waals surface area contributed by atoms with Crippen molar-refractivity contribution in [2.75, 3.05) is 0 Å². The first kappa shape index (κ1) is 35.0. The first-order valence-corrected chi connectivity index (χ1v) is 21.9. The normalized spacial score (nSPS) is 12.1. The van der Waals surface area contributed by atoms with Gasteiger partial charge in [0.2, 0.25) is 0 Å². The molecule has 0 unspecified atom stereocenters. The smallest absolute Gasteiger partial charge is 0.160 e. The molecule has 0 saturated carbocycles. The zero-order valence-electron chi connectivity index (χ0n) is 34.6. The lowest BCUT2D eigenvalue weighted by Gasteiger charge is -2.14. The molecule has 14 aromatic rings. The Balaban J connectivity index is 0.950. The van der Waals surface area contributed by atoms with Gasteiger partial charge in [0, 0.05) is 49.1 Å². The number of hydrogen-bond acceptors (Lipinski definition) is 2. The van der Waals surface area contributed by atoms with E-state index in [-0.39, 0.29) is 0 Å². The summed E-state index contributed by atoms with van der Waals surface area (Å²) in [6.07, 6.45) is 0. The van der Waals surface area contributed by atoms with E-state index >= 15 is 0 Å². The van der Waals surface area contributed by atoms with Crippen molar-refractivity contribution in [3.63, 3.8) is 0 Å². The molecule has 4 heteroatoms. The highest BCUT2D eigenvalue weighted by Crippen LogP contribution is 2.42. The Labute approximate surface area is 367 Å². The van der Waals surface area contributed by atoms with Crippen molar-refractivity contribution >= 4 is 97.6 Å². The predicted molar refractivity (Wildman–Crippen MR) is 269 cm³/mol. The molecule has 3 aromatic heterocycles. The summed E-state index contributed by atoms with van der Waals surface area (Å²) in [5.41, 5.74) is 10.8. The minimum Gasteiger partial charge on any atom is -0.309 e. The summed E-state index contributed by atoms with van der Waals surface area (Å²) in [4.78, 5) is 10.6. The summed E-state index contributed by atoms with van der Waals surface area (Å²) >= 11 is 0. The second kappa shape index (κ2) is 13.4. The largest absolute Gasteiger partial charge is 0.309 e. The van der Waals surface area contributed by atoms with Gasteiger partial charge in [-0.15, -0.1) is 0 Å². The third-order valence-electron chi connectivity index (χ3n) is 13.4. The highest BCUT2D eigenvalue weighted by atomic mass is 15.0. The molecule has 0 amide bonds. The van der Waals surface area contributed by atoms with Crippen molar-refractivity contribution in [3.05, 3.63) is 218 Å². The molecule has 14 rings (SSSR count). The van der Waals surface area contributed by atoms with Crippen LogP contribution in [0.2, 0.25) is 0 Å². The Morgan fingerprint density at radius 3 is 1.81 bits per heavy atom. The van der Waals surface area contributed by atoms with Crippen LogP contribution in [0.5, 0.6) is 0 Å². The standard InChI is InChI=1S/C60H36N4/c1-3-18-44-37(13-1)27-28-40-33-41(29-31-45(40)44)59-48-21-5-8-23-52(48)61-60(62-59)42-16-11-17-43(34-42)63-53-24-9-6-20-47(53)51-36-50-39(35-57(51)63)15-12-26-55(50)64-54-25-10-7-22-49(54)58-46-19-4-2-14-38(46)30-32-56(58)64/h1-36H. The van der Waals surface area contributed by atoms with E-state index in [4.69, 9.17) is 9.97 Å². The first-order valence-electron chi connectivity index (χ1n) is 21.9. The summed E-state index contributed by atoms with van der Waals surface area (Å²) < 4.78 is 4.87. The molecule has 0 atom stereocenters. The van der Waals surface area contributed by atoms with Crippen molar-refractivity contribution in [1.29, 1.82) is 0 Å². The van der Waals surface area contributed by atoms with Gasteiger partial charge in [0.15, 0.2) is 5.82 Å². The van der Waals surface area contributed by atoms with E-state index in [2.05, 4.69) is 228 Å². The highest BCUT2D eigenvalue weighted by Gasteiger charge is 2.20. The molecule has 0 spiro atoms. The summed E-state index contributed by atoms with van der Waals surface area (Å²) in [6, 6.07) is 79.2. The lowest BCUT2D eigenvalue weighted by atomic mass is 9.98. The number of fused-ring (bicyclic) bond motifs is 13. The van der Waals surface area contributed by atoms with Crippen molar-refractivity contribution in [1.82, 2.24) is 19.1 Å². The van der Waals surface area contributed by atoms with Crippen molar-refractivity contribution in [3.8, 4) is 34.0 Å². The van der Waals surface area contributed by atoms with Gasteiger partial charge in [-0.2, -0.15) is 0 Å². The van der Waals surface area contributed by atoms with Crippen LogP contribution >= 0.6 is 0 Å². The third-order valence-corrected chi connectivity index (χ3v) is 13.4. The van der Waals surface area contributed by atoms with Gasteiger partial charge in [-0.1, -0.05) is 158 Å². The van der Waals surface area contributed by atoms with Gasteiger partial charge in [-0.3, -0.25) is 0 Å². The average Bonchev–Trinajstić information content (AvgIpc) is 3.87. The molecule has 4 nitrogen and oxygen atoms in total. The molecule has 64 heavy (non-hydrogen) atoms. The molecule has 0 aliphatic rings. The number of benzene rings is 11. The molecule has 0 aliphatic heterocycles. The third kappa shape index (κ3) is 5.11. The van der Waals surface area contributed by atoms with E-state index in [9.17, 15) is 0 Å². The van der Waals surface area contributed by atoms with Gasteiger partial charge in [0.05, 0.1) is 39.0 Å². The topological polar surface area (TPSA) is 35.6 Å². The molecular formula is C60H36N4. The highest BCUT2D eigenvalue weighted by molar-refractivity contribution is 6.22. The number of hydrogen-bond donors (Lipinski definition) is 0. The van der Waals surface area contributed by atoms with Crippen LogP contribution in [-0.2, 0) is 0 Å². The number of rotatable bonds is 4. The lowest BCUT2D eigenvalue weighted by Crippen LogP contribution is -1.98. The summed E-state index contributed by atoms with van der Waals surface area (Å²) in [7, 11) is 0. The summed E-state index contributed by atoms with van der Waals surface area (Å²) in [5, 5.41) is 15.8. The van der Waals surface area contributed by atoms with E-state index in [1.807, 2.05) is 0 Å². The van der Waals surface area contributed by atoms with E-state index in [0.29, 0.717) is 5.82 Å². The summed E-state index contributed by atoms with van der Waals surface area (Å²) in [6.45, 7) is 0. The maximum Gasteiger partial charge on any atom is 0.160 e. The van der Waals surface area contributed by atoms with Crippen LogP contribution in [0.1, 0.15) is 0 Å². The molecule has 0 fully saturated rings. The van der Waals surface area contributed by atoms with Crippen molar-refractivity contribution in [2.45, 2.75) is 0 Å². The lowest BCUT2D eigenvalue weighted by molar-refractivity contribution is 1.17. The summed E-state index contributed by atoms with van der Waals surface area (Å²) in [5.74, 6) is 0.698. The number of nitrogens with zero attached hydrogens (tertiary/aromatic N) is 4. The maximum atomic E-state index is 5.37. The molecule has 3 heterocycles. The van der Waals surface area contributed by atoms with Crippen LogP contribution < -0.4 is 0 Å². The second-order valence-corrected chi connectivity index (χ2v) is 16.9.